The fourth-order valence-corrected chi connectivity index (χ4v) is 1.94. The van der Waals surface area contributed by atoms with E-state index in [2.05, 4.69) is 5.32 Å². The lowest BCUT2D eigenvalue weighted by Gasteiger charge is -2.29. The average molecular weight is 294 g/mol. The number of urea groups is 1. The Hall–Kier alpha value is -2.08. The third kappa shape index (κ3) is 5.43. The molecule has 3 N–H and O–H groups in total. The molecule has 0 aliphatic carbocycles. The van der Waals surface area contributed by atoms with E-state index < -0.39 is 23.6 Å². The highest BCUT2D eigenvalue weighted by Gasteiger charge is 2.26. The Balaban J connectivity index is 2.84. The number of likely N-dealkylation sites (N-methyl/N-ethyl adjacent to an activating group) is 1. The zero-order valence-corrected chi connectivity index (χ0v) is 12.5. The molecule has 0 saturated heterocycles. The predicted octanol–water partition coefficient (Wildman–Crippen LogP) is 1.61. The van der Waals surface area contributed by atoms with Gasteiger partial charge < -0.3 is 20.4 Å². The number of carbonyl (C=O) groups is 2. The minimum Gasteiger partial charge on any atom is -0.479 e. The maximum atomic E-state index is 12.2. The van der Waals surface area contributed by atoms with Gasteiger partial charge in [-0.05, 0) is 26.3 Å². The maximum absolute atomic E-state index is 12.2. The van der Waals surface area contributed by atoms with Crippen LogP contribution in [0.2, 0.25) is 0 Å². The summed E-state index contributed by atoms with van der Waals surface area (Å²) in [7, 11) is 0. The first-order chi connectivity index (χ1) is 9.74. The van der Waals surface area contributed by atoms with Gasteiger partial charge in [-0.1, -0.05) is 30.3 Å². The minimum atomic E-state index is -1.13. The van der Waals surface area contributed by atoms with Gasteiger partial charge >= 0.3 is 12.0 Å². The van der Waals surface area contributed by atoms with Crippen LogP contribution in [0.1, 0.15) is 32.4 Å². The molecule has 21 heavy (non-hydrogen) atoms. The van der Waals surface area contributed by atoms with Crippen molar-refractivity contribution < 1.29 is 19.8 Å². The molecular formula is C15H22N2O4. The summed E-state index contributed by atoms with van der Waals surface area (Å²) < 4.78 is 0. The summed E-state index contributed by atoms with van der Waals surface area (Å²) >= 11 is 0. The molecule has 0 aliphatic rings. The average Bonchev–Trinajstić information content (AvgIpc) is 2.41. The van der Waals surface area contributed by atoms with Crippen molar-refractivity contribution >= 4 is 12.0 Å². The summed E-state index contributed by atoms with van der Waals surface area (Å²) in [6.45, 7) is 5.45. The number of hydrogen-bond donors (Lipinski definition) is 3. The highest BCUT2D eigenvalue weighted by molar-refractivity contribution is 5.83. The number of nitrogens with one attached hydrogen (secondary N) is 1. The third-order valence-corrected chi connectivity index (χ3v) is 2.89. The number of carboxylic acid groups (broad SMARTS) is 1. The van der Waals surface area contributed by atoms with Crippen LogP contribution in [0.3, 0.4) is 0 Å². The van der Waals surface area contributed by atoms with Gasteiger partial charge in [0.15, 0.2) is 6.04 Å². The van der Waals surface area contributed by atoms with E-state index in [1.54, 1.807) is 51.1 Å². The molecule has 0 heterocycles. The van der Waals surface area contributed by atoms with Crippen LogP contribution >= 0.6 is 0 Å². The van der Waals surface area contributed by atoms with Crippen LogP contribution in [0.5, 0.6) is 0 Å². The molecule has 0 spiro atoms. The summed E-state index contributed by atoms with van der Waals surface area (Å²) in [6, 6.07) is 6.86. The van der Waals surface area contributed by atoms with Gasteiger partial charge in [0.2, 0.25) is 0 Å². The zero-order valence-electron chi connectivity index (χ0n) is 12.5. The molecule has 1 aromatic carbocycles. The van der Waals surface area contributed by atoms with Gasteiger partial charge in [-0.2, -0.15) is 0 Å². The van der Waals surface area contributed by atoms with Crippen molar-refractivity contribution in [1.29, 1.82) is 0 Å². The summed E-state index contributed by atoms with van der Waals surface area (Å²) in [5.74, 6) is -1.13. The second-order valence-corrected chi connectivity index (χ2v) is 5.46. The van der Waals surface area contributed by atoms with Crippen LogP contribution in [0.15, 0.2) is 30.3 Å². The molecule has 1 atom stereocenters. The first-order valence-electron chi connectivity index (χ1n) is 6.80. The van der Waals surface area contributed by atoms with E-state index in [1.807, 2.05) is 0 Å². The second kappa shape index (κ2) is 7.08. The number of aliphatic carboxylic acids is 1. The van der Waals surface area contributed by atoms with E-state index in [9.17, 15) is 19.8 Å². The quantitative estimate of drug-likeness (QED) is 0.743. The highest BCUT2D eigenvalue weighted by atomic mass is 16.4. The molecule has 0 fully saturated rings. The summed E-state index contributed by atoms with van der Waals surface area (Å²) in [4.78, 5) is 24.9. The normalized spacial score (nSPS) is 12.6. The molecule has 6 heteroatoms. The molecule has 0 unspecified atom stereocenters. The van der Waals surface area contributed by atoms with Gasteiger partial charge in [0, 0.05) is 6.54 Å². The fraction of sp³-hybridized carbons (Fsp3) is 0.467. The second-order valence-electron chi connectivity index (χ2n) is 5.46. The van der Waals surface area contributed by atoms with Crippen molar-refractivity contribution in [2.24, 2.45) is 0 Å². The first kappa shape index (κ1) is 17.0. The van der Waals surface area contributed by atoms with E-state index in [0.717, 1.165) is 0 Å². The molecule has 0 saturated carbocycles. The first-order valence-corrected chi connectivity index (χ1v) is 6.80. The standard InChI is InChI=1S/C15H22N2O4/c1-4-17(10-15(2,3)21)14(20)16-12(13(18)19)11-8-6-5-7-9-11/h5-9,12,21H,4,10H2,1-3H3,(H,16,20)(H,18,19)/t12-/m1/s1. The van der Waals surface area contributed by atoms with E-state index in [1.165, 1.54) is 4.90 Å². The van der Waals surface area contributed by atoms with Gasteiger partial charge in [-0.25, -0.2) is 9.59 Å². The van der Waals surface area contributed by atoms with Gasteiger partial charge in [0.25, 0.3) is 0 Å². The molecule has 116 valence electrons. The Morgan fingerprint density at radius 3 is 2.29 bits per heavy atom. The van der Waals surface area contributed by atoms with Crippen molar-refractivity contribution in [2.75, 3.05) is 13.1 Å². The molecule has 0 aromatic heterocycles. The van der Waals surface area contributed by atoms with Crippen molar-refractivity contribution in [3.8, 4) is 0 Å². The van der Waals surface area contributed by atoms with Crippen LogP contribution in [-0.2, 0) is 4.79 Å². The monoisotopic (exact) mass is 294 g/mol. The Labute approximate surface area is 124 Å². The number of carbonyl (C=O) groups excluding carboxylic acids is 1. The summed E-state index contributed by atoms with van der Waals surface area (Å²) in [5, 5.41) is 21.6. The molecule has 0 radical (unpaired) electrons. The van der Waals surface area contributed by atoms with E-state index >= 15 is 0 Å². The van der Waals surface area contributed by atoms with Gasteiger partial charge in [-0.3, -0.25) is 0 Å². The number of carboxylic acids is 1. The topological polar surface area (TPSA) is 89.9 Å². The SMILES string of the molecule is CCN(CC(C)(C)O)C(=O)N[C@@H](C(=O)O)c1ccccc1. The number of aliphatic hydroxyl groups is 1. The molecule has 6 nitrogen and oxygen atoms in total. The Morgan fingerprint density at radius 2 is 1.86 bits per heavy atom. The van der Waals surface area contributed by atoms with E-state index in [0.29, 0.717) is 12.1 Å². The molecule has 1 aromatic rings. The molecule has 0 aliphatic heterocycles. The largest absolute Gasteiger partial charge is 0.479 e. The van der Waals surface area contributed by atoms with Crippen LogP contribution < -0.4 is 5.32 Å². The van der Waals surface area contributed by atoms with Gasteiger partial charge in [0.1, 0.15) is 0 Å². The summed E-state index contributed by atoms with van der Waals surface area (Å²) in [6.07, 6.45) is 0. The molecule has 2 amide bonds. The van der Waals surface area contributed by atoms with Crippen LogP contribution in [-0.4, -0.2) is 45.8 Å². The fourth-order valence-electron chi connectivity index (χ4n) is 1.94. The molecule has 1 rings (SSSR count). The van der Waals surface area contributed by atoms with E-state index in [-0.39, 0.29) is 6.54 Å². The van der Waals surface area contributed by atoms with E-state index in [4.69, 9.17) is 0 Å². The van der Waals surface area contributed by atoms with Gasteiger partial charge in [-0.15, -0.1) is 0 Å². The predicted molar refractivity (Wildman–Crippen MR) is 78.9 cm³/mol. The maximum Gasteiger partial charge on any atom is 0.330 e. The van der Waals surface area contributed by atoms with Crippen molar-refractivity contribution in [2.45, 2.75) is 32.4 Å². The van der Waals surface area contributed by atoms with Crippen LogP contribution in [0.25, 0.3) is 0 Å². The van der Waals surface area contributed by atoms with Crippen LogP contribution in [0, 0.1) is 0 Å². The number of hydrogen-bond acceptors (Lipinski definition) is 3. The van der Waals surface area contributed by atoms with Crippen molar-refractivity contribution in [1.82, 2.24) is 10.2 Å². The Bertz CT molecular complexity index is 482. The Morgan fingerprint density at radius 1 is 1.29 bits per heavy atom. The van der Waals surface area contributed by atoms with Crippen molar-refractivity contribution in [3.63, 3.8) is 0 Å². The minimum absolute atomic E-state index is 0.121. The highest BCUT2D eigenvalue weighted by Crippen LogP contribution is 2.14. The zero-order chi connectivity index (χ0) is 16.0. The lowest BCUT2D eigenvalue weighted by atomic mass is 10.1. The number of amides is 2. The van der Waals surface area contributed by atoms with Gasteiger partial charge in [0.05, 0.1) is 12.1 Å². The number of benzene rings is 1. The number of rotatable bonds is 6. The van der Waals surface area contributed by atoms with Crippen LogP contribution in [0.4, 0.5) is 4.79 Å². The van der Waals surface area contributed by atoms with Crippen molar-refractivity contribution in [3.05, 3.63) is 35.9 Å². The summed E-state index contributed by atoms with van der Waals surface area (Å²) in [5.41, 5.74) is -0.545. The Kier molecular flexibility index (Phi) is 5.72. The smallest absolute Gasteiger partial charge is 0.330 e. The lowest BCUT2D eigenvalue weighted by Crippen LogP contribution is -2.48. The third-order valence-electron chi connectivity index (χ3n) is 2.89. The number of nitrogens with zero attached hydrogens (tertiary/aromatic N) is 1. The molecular weight excluding hydrogens is 272 g/mol. The lowest BCUT2D eigenvalue weighted by molar-refractivity contribution is -0.139. The molecule has 0 bridgehead atoms.